The van der Waals surface area contributed by atoms with Gasteiger partial charge in [-0.2, -0.15) is 0 Å². The van der Waals surface area contributed by atoms with Gasteiger partial charge in [-0.3, -0.25) is 0 Å². The number of rotatable bonds is 6. The summed E-state index contributed by atoms with van der Waals surface area (Å²) >= 11 is 5.96. The van der Waals surface area contributed by atoms with E-state index in [1.165, 1.54) is 26.4 Å². The van der Waals surface area contributed by atoms with Crippen molar-refractivity contribution in [1.82, 2.24) is 5.32 Å². The number of carboxylic acids is 1. The zero-order valence-electron chi connectivity index (χ0n) is 11.9. The molecular weight excluding hydrogens is 300 g/mol. The van der Waals surface area contributed by atoms with E-state index in [1.54, 1.807) is 6.92 Å². The van der Waals surface area contributed by atoms with Crippen molar-refractivity contribution in [3.63, 3.8) is 0 Å². The second kappa shape index (κ2) is 7.70. The number of carboxylic acid groups (broad SMARTS) is 1. The summed E-state index contributed by atoms with van der Waals surface area (Å²) in [6, 6.07) is 1.91. The first kappa shape index (κ1) is 17.1. The Bertz CT molecular complexity index is 536. The number of carbonyl (C=O) groups is 2. The summed E-state index contributed by atoms with van der Waals surface area (Å²) in [5.41, 5.74) is 0.168. The lowest BCUT2D eigenvalue weighted by Gasteiger charge is -2.15. The second-order valence-corrected chi connectivity index (χ2v) is 4.70. The number of ether oxygens (including phenoxy) is 2. The maximum Gasteiger partial charge on any atom is 0.339 e. The first-order valence-corrected chi connectivity index (χ1v) is 6.44. The fourth-order valence-electron chi connectivity index (χ4n) is 1.66. The van der Waals surface area contributed by atoms with Gasteiger partial charge in [-0.25, -0.2) is 9.59 Å². The minimum atomic E-state index is -1.17. The van der Waals surface area contributed by atoms with E-state index < -0.39 is 12.0 Å². The molecule has 1 aromatic carbocycles. The van der Waals surface area contributed by atoms with E-state index in [0.29, 0.717) is 6.61 Å². The number of benzene rings is 1. The molecule has 0 spiro atoms. The normalized spacial score (nSPS) is 11.6. The lowest BCUT2D eigenvalue weighted by Crippen LogP contribution is -2.38. The third-order valence-electron chi connectivity index (χ3n) is 2.56. The van der Waals surface area contributed by atoms with E-state index in [9.17, 15) is 9.59 Å². The Balaban J connectivity index is 2.89. The minimum absolute atomic E-state index is 0.0822. The van der Waals surface area contributed by atoms with Crippen LogP contribution in [0.1, 0.15) is 17.3 Å². The van der Waals surface area contributed by atoms with Crippen molar-refractivity contribution in [3.05, 3.63) is 22.7 Å². The van der Waals surface area contributed by atoms with Crippen LogP contribution < -0.4 is 15.4 Å². The van der Waals surface area contributed by atoms with Crippen LogP contribution in [0.3, 0.4) is 0 Å². The molecule has 0 bridgehead atoms. The van der Waals surface area contributed by atoms with Crippen molar-refractivity contribution in [2.24, 2.45) is 0 Å². The number of aromatic carboxylic acids is 1. The van der Waals surface area contributed by atoms with E-state index in [4.69, 9.17) is 26.2 Å². The van der Waals surface area contributed by atoms with Crippen molar-refractivity contribution in [1.29, 1.82) is 0 Å². The van der Waals surface area contributed by atoms with Crippen LogP contribution in [-0.4, -0.2) is 44.0 Å². The second-order valence-electron chi connectivity index (χ2n) is 4.29. The number of amides is 2. The molecule has 0 aliphatic heterocycles. The molecular formula is C13H17ClN2O5. The van der Waals surface area contributed by atoms with Crippen LogP contribution in [0, 0.1) is 0 Å². The van der Waals surface area contributed by atoms with Gasteiger partial charge in [-0.1, -0.05) is 11.6 Å². The van der Waals surface area contributed by atoms with Gasteiger partial charge >= 0.3 is 12.0 Å². The first-order valence-electron chi connectivity index (χ1n) is 6.06. The molecule has 0 aromatic heterocycles. The van der Waals surface area contributed by atoms with Gasteiger partial charge in [0, 0.05) is 13.2 Å². The molecule has 1 aromatic rings. The molecule has 1 atom stereocenters. The van der Waals surface area contributed by atoms with E-state index in [0.717, 1.165) is 0 Å². The summed E-state index contributed by atoms with van der Waals surface area (Å²) in [4.78, 5) is 22.8. The first-order chi connectivity index (χ1) is 9.88. The van der Waals surface area contributed by atoms with E-state index in [1.807, 2.05) is 0 Å². The largest absolute Gasteiger partial charge is 0.496 e. The van der Waals surface area contributed by atoms with Crippen LogP contribution in [-0.2, 0) is 4.74 Å². The molecule has 1 rings (SSSR count). The molecule has 1 unspecified atom stereocenters. The molecule has 116 valence electrons. The lowest BCUT2D eigenvalue weighted by atomic mass is 10.2. The summed E-state index contributed by atoms with van der Waals surface area (Å²) in [7, 11) is 2.86. The fourth-order valence-corrected chi connectivity index (χ4v) is 1.87. The molecule has 0 aliphatic rings. The lowest BCUT2D eigenvalue weighted by molar-refractivity contribution is 0.0693. The number of anilines is 1. The van der Waals surface area contributed by atoms with Crippen molar-refractivity contribution in [2.45, 2.75) is 13.0 Å². The fraction of sp³-hybridized carbons (Fsp3) is 0.385. The molecule has 0 aliphatic carbocycles. The zero-order chi connectivity index (χ0) is 16.0. The Morgan fingerprint density at radius 2 is 2.05 bits per heavy atom. The Kier molecular flexibility index (Phi) is 6.26. The molecule has 0 saturated carbocycles. The van der Waals surface area contributed by atoms with Gasteiger partial charge in [-0.05, 0) is 13.0 Å². The van der Waals surface area contributed by atoms with Crippen LogP contribution in [0.2, 0.25) is 5.02 Å². The van der Waals surface area contributed by atoms with Gasteiger partial charge in [0.15, 0.2) is 0 Å². The van der Waals surface area contributed by atoms with Crippen molar-refractivity contribution < 1.29 is 24.2 Å². The highest BCUT2D eigenvalue weighted by Crippen LogP contribution is 2.30. The van der Waals surface area contributed by atoms with Gasteiger partial charge in [0.1, 0.15) is 11.3 Å². The Labute approximate surface area is 127 Å². The van der Waals surface area contributed by atoms with Crippen LogP contribution in [0.5, 0.6) is 5.75 Å². The summed E-state index contributed by atoms with van der Waals surface area (Å²) in [6.07, 6.45) is 0. The molecule has 0 fully saturated rings. The topological polar surface area (TPSA) is 96.9 Å². The predicted octanol–water partition coefficient (Wildman–Crippen LogP) is 2.20. The predicted molar refractivity (Wildman–Crippen MR) is 78.5 cm³/mol. The number of nitrogens with one attached hydrogen (secondary N) is 2. The molecule has 0 radical (unpaired) electrons. The van der Waals surface area contributed by atoms with Gasteiger partial charge in [-0.15, -0.1) is 0 Å². The minimum Gasteiger partial charge on any atom is -0.496 e. The van der Waals surface area contributed by atoms with E-state index in [2.05, 4.69) is 10.6 Å². The highest BCUT2D eigenvalue weighted by molar-refractivity contribution is 6.34. The standard InChI is InChI=1S/C13H17ClN2O5/c1-7(6-20-2)15-13(19)16-10-5-11(21-3)8(12(17)18)4-9(10)14/h4-5,7H,6H2,1-3H3,(H,17,18)(H2,15,16,19). The average molecular weight is 317 g/mol. The summed E-state index contributed by atoms with van der Waals surface area (Å²) in [5, 5.41) is 14.3. The molecule has 21 heavy (non-hydrogen) atoms. The van der Waals surface area contributed by atoms with Crippen LogP contribution in [0.15, 0.2) is 12.1 Å². The molecule has 8 heteroatoms. The number of methoxy groups -OCH3 is 2. The SMILES string of the molecule is COCC(C)NC(=O)Nc1cc(OC)c(C(=O)O)cc1Cl. The van der Waals surface area contributed by atoms with Crippen LogP contribution >= 0.6 is 11.6 Å². The highest BCUT2D eigenvalue weighted by atomic mass is 35.5. The molecule has 7 nitrogen and oxygen atoms in total. The zero-order valence-corrected chi connectivity index (χ0v) is 12.7. The molecule has 3 N–H and O–H groups in total. The number of urea groups is 1. The van der Waals surface area contributed by atoms with Crippen LogP contribution in [0.25, 0.3) is 0 Å². The molecule has 0 saturated heterocycles. The highest BCUT2D eigenvalue weighted by Gasteiger charge is 2.16. The number of halogens is 1. The Hall–Kier alpha value is -1.99. The Morgan fingerprint density at radius 1 is 1.38 bits per heavy atom. The molecule has 0 heterocycles. The monoisotopic (exact) mass is 316 g/mol. The van der Waals surface area contributed by atoms with Gasteiger partial charge < -0.3 is 25.2 Å². The number of hydrogen-bond donors (Lipinski definition) is 3. The van der Waals surface area contributed by atoms with Crippen molar-refractivity contribution >= 4 is 29.3 Å². The van der Waals surface area contributed by atoms with E-state index >= 15 is 0 Å². The summed E-state index contributed by atoms with van der Waals surface area (Å²) < 4.78 is 9.88. The maximum atomic E-state index is 11.8. The van der Waals surface area contributed by atoms with Crippen molar-refractivity contribution in [2.75, 3.05) is 26.1 Å². The van der Waals surface area contributed by atoms with Gasteiger partial charge in [0.05, 0.1) is 30.5 Å². The van der Waals surface area contributed by atoms with Crippen molar-refractivity contribution in [3.8, 4) is 5.75 Å². The maximum absolute atomic E-state index is 11.8. The molecule has 2 amide bonds. The number of hydrogen-bond acceptors (Lipinski definition) is 4. The van der Waals surface area contributed by atoms with Crippen LogP contribution in [0.4, 0.5) is 10.5 Å². The Morgan fingerprint density at radius 3 is 2.57 bits per heavy atom. The van der Waals surface area contributed by atoms with Gasteiger partial charge in [0.25, 0.3) is 0 Å². The quantitative estimate of drug-likeness (QED) is 0.747. The van der Waals surface area contributed by atoms with Gasteiger partial charge in [0.2, 0.25) is 0 Å². The summed E-state index contributed by atoms with van der Waals surface area (Å²) in [6.45, 7) is 2.14. The average Bonchev–Trinajstić information content (AvgIpc) is 2.40. The summed E-state index contributed by atoms with van der Waals surface area (Å²) in [5.74, 6) is -1.06. The third-order valence-corrected chi connectivity index (χ3v) is 2.87. The third kappa shape index (κ3) is 4.80. The van der Waals surface area contributed by atoms with E-state index in [-0.39, 0.29) is 28.1 Å². The smallest absolute Gasteiger partial charge is 0.339 e. The number of carbonyl (C=O) groups excluding carboxylic acids is 1.